The van der Waals surface area contributed by atoms with Crippen LogP contribution in [0.2, 0.25) is 0 Å². The third-order valence-electron chi connectivity index (χ3n) is 3.38. The van der Waals surface area contributed by atoms with Crippen LogP contribution < -0.4 is 10.1 Å². The molecule has 0 atom stereocenters. The second kappa shape index (κ2) is 5.89. The number of halogens is 1. The van der Waals surface area contributed by atoms with Gasteiger partial charge >= 0.3 is 0 Å². The van der Waals surface area contributed by atoms with E-state index in [1.54, 1.807) is 0 Å². The van der Waals surface area contributed by atoms with Gasteiger partial charge in [-0.15, -0.1) is 0 Å². The third-order valence-corrected chi connectivity index (χ3v) is 4.04. The Morgan fingerprint density at radius 2 is 2.15 bits per heavy atom. The molecule has 0 spiro atoms. The van der Waals surface area contributed by atoms with E-state index in [1.807, 2.05) is 31.2 Å². The maximum atomic E-state index is 5.81. The molecular formula is C15H16BrN3O. The normalized spacial score (nSPS) is 13.9. The first kappa shape index (κ1) is 13.5. The Labute approximate surface area is 126 Å². The van der Waals surface area contributed by atoms with E-state index in [2.05, 4.69) is 31.2 Å². The fourth-order valence-electron chi connectivity index (χ4n) is 2.28. The van der Waals surface area contributed by atoms with Crippen LogP contribution in [-0.2, 0) is 19.6 Å². The highest BCUT2D eigenvalue weighted by Crippen LogP contribution is 2.22. The second-order valence-electron chi connectivity index (χ2n) is 4.84. The Hall–Kier alpha value is -1.46. The lowest BCUT2D eigenvalue weighted by Gasteiger charge is -2.18. The van der Waals surface area contributed by atoms with Crippen LogP contribution in [-0.4, -0.2) is 16.5 Å². The average molecular weight is 334 g/mol. The van der Waals surface area contributed by atoms with Crippen molar-refractivity contribution in [1.29, 1.82) is 0 Å². The number of para-hydroxylation sites is 1. The van der Waals surface area contributed by atoms with Crippen molar-refractivity contribution in [2.45, 2.75) is 26.5 Å². The average Bonchev–Trinajstić information content (AvgIpc) is 2.46. The maximum Gasteiger partial charge on any atom is 0.167 e. The highest BCUT2D eigenvalue weighted by Gasteiger charge is 2.16. The molecule has 2 aromatic rings. The van der Waals surface area contributed by atoms with Gasteiger partial charge in [-0.25, -0.2) is 9.97 Å². The first-order chi connectivity index (χ1) is 9.74. The fourth-order valence-corrected chi connectivity index (χ4v) is 2.85. The highest BCUT2D eigenvalue weighted by atomic mass is 79.9. The molecule has 20 heavy (non-hydrogen) atoms. The van der Waals surface area contributed by atoms with E-state index in [-0.39, 0.29) is 0 Å². The van der Waals surface area contributed by atoms with Crippen LogP contribution in [0.5, 0.6) is 5.75 Å². The van der Waals surface area contributed by atoms with Gasteiger partial charge in [-0.2, -0.15) is 0 Å². The molecule has 0 radical (unpaired) electrons. The molecule has 0 saturated carbocycles. The van der Waals surface area contributed by atoms with Crippen LogP contribution in [0.1, 0.15) is 22.6 Å². The van der Waals surface area contributed by atoms with Gasteiger partial charge in [0, 0.05) is 25.1 Å². The lowest BCUT2D eigenvalue weighted by Crippen LogP contribution is -2.26. The molecule has 0 unspecified atom stereocenters. The van der Waals surface area contributed by atoms with Crippen molar-refractivity contribution in [1.82, 2.24) is 15.3 Å². The summed E-state index contributed by atoms with van der Waals surface area (Å²) in [5.41, 5.74) is 3.40. The third kappa shape index (κ3) is 2.83. The van der Waals surface area contributed by atoms with Crippen molar-refractivity contribution in [3.63, 3.8) is 0 Å². The number of benzene rings is 1. The predicted molar refractivity (Wildman–Crippen MR) is 80.7 cm³/mol. The topological polar surface area (TPSA) is 47.0 Å². The largest absolute Gasteiger partial charge is 0.485 e. The number of nitrogens with zero attached hydrogens (tertiary/aromatic N) is 2. The number of fused-ring (bicyclic) bond motifs is 1. The minimum atomic E-state index is 0.393. The number of aryl methyl sites for hydroxylation is 1. The van der Waals surface area contributed by atoms with Gasteiger partial charge in [-0.05, 0) is 34.5 Å². The molecule has 3 rings (SSSR count). The molecule has 0 saturated heterocycles. The minimum Gasteiger partial charge on any atom is -0.485 e. The zero-order chi connectivity index (χ0) is 13.9. The van der Waals surface area contributed by atoms with Gasteiger partial charge < -0.3 is 10.1 Å². The van der Waals surface area contributed by atoms with Crippen LogP contribution in [0, 0.1) is 6.92 Å². The van der Waals surface area contributed by atoms with Crippen molar-refractivity contribution in [2.75, 3.05) is 6.54 Å². The fraction of sp³-hybridized carbons (Fsp3) is 0.333. The molecule has 0 fully saturated rings. The number of hydrogen-bond donors (Lipinski definition) is 1. The van der Waals surface area contributed by atoms with Crippen molar-refractivity contribution in [3.05, 3.63) is 51.5 Å². The molecule has 1 aliphatic rings. The van der Waals surface area contributed by atoms with Crippen molar-refractivity contribution >= 4 is 15.9 Å². The van der Waals surface area contributed by atoms with Crippen LogP contribution >= 0.6 is 15.9 Å². The first-order valence-electron chi connectivity index (χ1n) is 6.67. The lowest BCUT2D eigenvalue weighted by atomic mass is 10.1. The Kier molecular flexibility index (Phi) is 3.98. The maximum absolute atomic E-state index is 5.81. The van der Waals surface area contributed by atoms with Gasteiger partial charge in [0.25, 0.3) is 0 Å². The van der Waals surface area contributed by atoms with E-state index in [1.165, 1.54) is 0 Å². The molecule has 1 aromatic carbocycles. The molecule has 2 heterocycles. The molecule has 0 amide bonds. The van der Waals surface area contributed by atoms with Gasteiger partial charge in [-0.3, -0.25) is 0 Å². The molecule has 4 nitrogen and oxygen atoms in total. The van der Waals surface area contributed by atoms with Gasteiger partial charge in [0.15, 0.2) is 5.82 Å². The summed E-state index contributed by atoms with van der Waals surface area (Å²) in [7, 11) is 0. The molecule has 1 aromatic heterocycles. The van der Waals surface area contributed by atoms with E-state index >= 15 is 0 Å². The molecule has 1 aliphatic heterocycles. The monoisotopic (exact) mass is 333 g/mol. The van der Waals surface area contributed by atoms with Crippen LogP contribution in [0.3, 0.4) is 0 Å². The second-order valence-corrected chi connectivity index (χ2v) is 5.59. The smallest absolute Gasteiger partial charge is 0.167 e. The zero-order valence-electron chi connectivity index (χ0n) is 11.3. The van der Waals surface area contributed by atoms with E-state index < -0.39 is 0 Å². The standard InChI is InChI=1S/C15H16BrN3O/c1-10-4-2-3-5-13(10)20-9-14-18-12-6-7-17-8-11(12)15(16)19-14/h2-5,17H,6-9H2,1H3. The van der Waals surface area contributed by atoms with Crippen molar-refractivity contribution in [2.24, 2.45) is 0 Å². The van der Waals surface area contributed by atoms with Crippen LogP contribution in [0.4, 0.5) is 0 Å². The number of nitrogens with one attached hydrogen (secondary N) is 1. The summed E-state index contributed by atoms with van der Waals surface area (Å²) in [5.74, 6) is 1.60. The van der Waals surface area contributed by atoms with Crippen LogP contribution in [0.25, 0.3) is 0 Å². The van der Waals surface area contributed by atoms with Crippen molar-refractivity contribution < 1.29 is 4.74 Å². The number of aromatic nitrogens is 2. The zero-order valence-corrected chi connectivity index (χ0v) is 12.9. The van der Waals surface area contributed by atoms with E-state index in [0.29, 0.717) is 6.61 Å². The molecule has 0 bridgehead atoms. The van der Waals surface area contributed by atoms with Crippen LogP contribution in [0.15, 0.2) is 28.9 Å². The molecule has 0 aliphatic carbocycles. The first-order valence-corrected chi connectivity index (χ1v) is 7.46. The van der Waals surface area contributed by atoms with Gasteiger partial charge in [0.05, 0.1) is 5.69 Å². The molecular weight excluding hydrogens is 318 g/mol. The van der Waals surface area contributed by atoms with Crippen molar-refractivity contribution in [3.8, 4) is 5.75 Å². The predicted octanol–water partition coefficient (Wildman–Crippen LogP) is 2.77. The Morgan fingerprint density at radius 1 is 1.30 bits per heavy atom. The summed E-state index contributed by atoms with van der Waals surface area (Å²) >= 11 is 3.53. The minimum absolute atomic E-state index is 0.393. The number of rotatable bonds is 3. The SMILES string of the molecule is Cc1ccccc1OCc1nc(Br)c2c(n1)CCNC2. The molecule has 104 valence electrons. The van der Waals surface area contributed by atoms with Gasteiger partial charge in [-0.1, -0.05) is 18.2 Å². The summed E-state index contributed by atoms with van der Waals surface area (Å²) in [6, 6.07) is 7.97. The lowest BCUT2D eigenvalue weighted by molar-refractivity contribution is 0.292. The quantitative estimate of drug-likeness (QED) is 0.877. The van der Waals surface area contributed by atoms with E-state index in [4.69, 9.17) is 4.74 Å². The van der Waals surface area contributed by atoms with Gasteiger partial charge in [0.2, 0.25) is 0 Å². The van der Waals surface area contributed by atoms with E-state index in [9.17, 15) is 0 Å². The molecule has 1 N–H and O–H groups in total. The Bertz CT molecular complexity index is 631. The van der Waals surface area contributed by atoms with Gasteiger partial charge in [0.1, 0.15) is 17.0 Å². The summed E-state index contributed by atoms with van der Waals surface area (Å²) in [5, 5.41) is 3.33. The van der Waals surface area contributed by atoms with E-state index in [0.717, 1.165) is 52.5 Å². The Morgan fingerprint density at radius 3 is 3.00 bits per heavy atom. The summed E-state index contributed by atoms with van der Waals surface area (Å²) in [6.45, 7) is 4.22. The Balaban J connectivity index is 1.78. The summed E-state index contributed by atoms with van der Waals surface area (Å²) in [6.07, 6.45) is 0.938. The number of hydrogen-bond acceptors (Lipinski definition) is 4. The molecule has 5 heteroatoms. The summed E-state index contributed by atoms with van der Waals surface area (Å²) < 4.78 is 6.68. The highest BCUT2D eigenvalue weighted by molar-refractivity contribution is 9.10. The number of ether oxygens (including phenoxy) is 1. The summed E-state index contributed by atoms with van der Waals surface area (Å²) in [4.78, 5) is 9.08.